The molecule has 1 aromatic carbocycles. The van der Waals surface area contributed by atoms with Gasteiger partial charge in [0.25, 0.3) is 0 Å². The lowest BCUT2D eigenvalue weighted by Crippen LogP contribution is -2.26. The number of carboxylic acid groups (broad SMARTS) is 1. The van der Waals surface area contributed by atoms with Crippen LogP contribution in [0.5, 0.6) is 0 Å². The second-order valence-corrected chi connectivity index (χ2v) is 5.17. The van der Waals surface area contributed by atoms with Gasteiger partial charge in [0.05, 0.1) is 18.2 Å². The molecule has 1 atom stereocenters. The minimum atomic E-state index is -1.11. The van der Waals surface area contributed by atoms with Crippen LogP contribution in [0.15, 0.2) is 28.4 Å². The van der Waals surface area contributed by atoms with Gasteiger partial charge in [-0.1, -0.05) is 17.8 Å². The van der Waals surface area contributed by atoms with Crippen LogP contribution < -0.4 is 5.32 Å². The zero-order valence-corrected chi connectivity index (χ0v) is 11.2. The normalized spacial score (nSPS) is 20.2. The van der Waals surface area contributed by atoms with Crippen LogP contribution in [0.3, 0.4) is 0 Å². The highest BCUT2D eigenvalue weighted by Crippen LogP contribution is 2.22. The lowest BCUT2D eigenvalue weighted by atomic mass is 10.2. The van der Waals surface area contributed by atoms with Gasteiger partial charge < -0.3 is 10.4 Å². The van der Waals surface area contributed by atoms with E-state index >= 15 is 0 Å². The van der Waals surface area contributed by atoms with Crippen molar-refractivity contribution >= 4 is 35.0 Å². The lowest BCUT2D eigenvalue weighted by Gasteiger charge is -1.98. The molecular formula is C12H9F2N3O3S. The minimum absolute atomic E-state index is 0.0826. The van der Waals surface area contributed by atoms with Gasteiger partial charge in [0.2, 0.25) is 5.91 Å². The molecule has 0 aliphatic carbocycles. The summed E-state index contributed by atoms with van der Waals surface area (Å²) in [5.41, 5.74) is -0.349. The van der Waals surface area contributed by atoms with E-state index in [-0.39, 0.29) is 17.2 Å². The number of carbonyl (C=O) groups is 2. The maximum Gasteiger partial charge on any atom is 0.305 e. The Bertz CT molecular complexity index is 628. The van der Waals surface area contributed by atoms with Crippen LogP contribution in [-0.4, -0.2) is 33.6 Å². The van der Waals surface area contributed by atoms with E-state index in [9.17, 15) is 18.4 Å². The summed E-state index contributed by atoms with van der Waals surface area (Å²) < 4.78 is 26.6. The van der Waals surface area contributed by atoms with E-state index in [2.05, 4.69) is 15.5 Å². The Labute approximate surface area is 121 Å². The molecule has 1 amide bonds. The Morgan fingerprint density at radius 2 is 2.10 bits per heavy atom. The van der Waals surface area contributed by atoms with Gasteiger partial charge >= 0.3 is 5.97 Å². The quantitative estimate of drug-likeness (QED) is 0.648. The molecule has 1 fully saturated rings. The number of hydrogen-bond donors (Lipinski definition) is 2. The highest BCUT2D eigenvalue weighted by Gasteiger charge is 2.32. The average molecular weight is 313 g/mol. The van der Waals surface area contributed by atoms with Gasteiger partial charge in [0.1, 0.15) is 16.9 Å². The fourth-order valence-electron chi connectivity index (χ4n) is 1.52. The minimum Gasteiger partial charge on any atom is -0.481 e. The third kappa shape index (κ3) is 3.85. The second-order valence-electron chi connectivity index (χ2n) is 3.98. The fourth-order valence-corrected chi connectivity index (χ4v) is 2.43. The van der Waals surface area contributed by atoms with Crippen molar-refractivity contribution in [2.24, 2.45) is 10.2 Å². The number of amides is 1. The number of benzene rings is 1. The topological polar surface area (TPSA) is 91.1 Å². The highest BCUT2D eigenvalue weighted by molar-refractivity contribution is 8.15. The van der Waals surface area contributed by atoms with Crippen LogP contribution in [0.2, 0.25) is 0 Å². The van der Waals surface area contributed by atoms with E-state index in [4.69, 9.17) is 5.11 Å². The molecule has 0 saturated carbocycles. The van der Waals surface area contributed by atoms with Gasteiger partial charge in [-0.15, -0.1) is 5.10 Å². The number of nitrogens with one attached hydrogen (secondary N) is 1. The highest BCUT2D eigenvalue weighted by atomic mass is 32.2. The summed E-state index contributed by atoms with van der Waals surface area (Å²) in [6, 6.07) is 3.37. The Morgan fingerprint density at radius 3 is 2.71 bits per heavy atom. The van der Waals surface area contributed by atoms with Crippen molar-refractivity contribution in [3.05, 3.63) is 35.4 Å². The largest absolute Gasteiger partial charge is 0.481 e. The average Bonchev–Trinajstić information content (AvgIpc) is 2.73. The number of amidine groups is 1. The van der Waals surface area contributed by atoms with E-state index in [1.54, 1.807) is 0 Å². The Hall–Kier alpha value is -2.29. The molecule has 0 spiro atoms. The number of aliphatic carboxylic acids is 1. The maximum absolute atomic E-state index is 13.3. The van der Waals surface area contributed by atoms with E-state index in [0.717, 1.165) is 30.1 Å². The van der Waals surface area contributed by atoms with Crippen molar-refractivity contribution < 1.29 is 23.5 Å². The van der Waals surface area contributed by atoms with Crippen molar-refractivity contribution in [3.63, 3.8) is 0 Å². The van der Waals surface area contributed by atoms with Crippen LogP contribution >= 0.6 is 11.8 Å². The first-order valence-electron chi connectivity index (χ1n) is 5.71. The van der Waals surface area contributed by atoms with Crippen LogP contribution in [0, 0.1) is 11.6 Å². The van der Waals surface area contributed by atoms with Crippen molar-refractivity contribution in [2.75, 3.05) is 0 Å². The Kier molecular flexibility index (Phi) is 4.63. The van der Waals surface area contributed by atoms with Gasteiger partial charge in [-0.2, -0.15) is 5.10 Å². The summed E-state index contributed by atoms with van der Waals surface area (Å²) in [4.78, 5) is 21.9. The van der Waals surface area contributed by atoms with Gasteiger partial charge in [0, 0.05) is 0 Å². The molecule has 9 heteroatoms. The summed E-state index contributed by atoms with van der Waals surface area (Å²) in [5.74, 6) is -3.18. The smallest absolute Gasteiger partial charge is 0.305 e. The number of rotatable bonds is 4. The van der Waals surface area contributed by atoms with Crippen LogP contribution in [0.25, 0.3) is 0 Å². The summed E-state index contributed by atoms with van der Waals surface area (Å²) in [5, 5.41) is 17.3. The van der Waals surface area contributed by atoms with Crippen molar-refractivity contribution in [2.45, 2.75) is 11.7 Å². The molecule has 1 aliphatic heterocycles. The number of thioether (sulfide) groups is 1. The molecule has 2 rings (SSSR count). The van der Waals surface area contributed by atoms with Gasteiger partial charge in [-0.25, -0.2) is 8.78 Å². The van der Waals surface area contributed by atoms with Gasteiger partial charge in [-0.05, 0) is 12.1 Å². The van der Waals surface area contributed by atoms with Crippen molar-refractivity contribution in [1.82, 2.24) is 5.32 Å². The molecule has 1 saturated heterocycles. The van der Waals surface area contributed by atoms with Crippen LogP contribution in [0.4, 0.5) is 8.78 Å². The third-order valence-corrected chi connectivity index (χ3v) is 3.54. The molecule has 0 bridgehead atoms. The van der Waals surface area contributed by atoms with E-state index in [1.807, 2.05) is 0 Å². The summed E-state index contributed by atoms with van der Waals surface area (Å²) in [7, 11) is 0. The fraction of sp³-hybridized carbons (Fsp3) is 0.167. The molecule has 0 radical (unpaired) electrons. The van der Waals surface area contributed by atoms with E-state index in [1.165, 1.54) is 6.07 Å². The predicted octanol–water partition coefficient (Wildman–Crippen LogP) is 1.36. The van der Waals surface area contributed by atoms with E-state index < -0.39 is 28.8 Å². The Morgan fingerprint density at radius 1 is 1.43 bits per heavy atom. The number of carbonyl (C=O) groups excluding carboxylic acids is 1. The molecule has 1 heterocycles. The molecule has 2 N–H and O–H groups in total. The molecule has 0 aromatic heterocycles. The summed E-state index contributed by atoms with van der Waals surface area (Å²) >= 11 is 0.898. The SMILES string of the molecule is O=C(O)CC1SC(=NN=Cc2c(F)cccc2F)NC1=O. The standard InChI is InChI=1S/C12H9F2N3O3S/c13-7-2-1-3-8(14)6(7)5-15-17-12-16-11(20)9(21-12)4-10(18)19/h1-3,5,9H,4H2,(H,18,19)(H,16,17,20). The van der Waals surface area contributed by atoms with Gasteiger partial charge in [0.15, 0.2) is 5.17 Å². The number of carboxylic acids is 1. The first kappa shape index (κ1) is 15.1. The molecule has 1 aliphatic rings. The first-order chi connectivity index (χ1) is 9.97. The molecule has 1 unspecified atom stereocenters. The maximum atomic E-state index is 13.3. The molecule has 21 heavy (non-hydrogen) atoms. The zero-order valence-electron chi connectivity index (χ0n) is 10.4. The number of nitrogens with zero attached hydrogens (tertiary/aromatic N) is 2. The van der Waals surface area contributed by atoms with Crippen molar-refractivity contribution in [3.8, 4) is 0 Å². The first-order valence-corrected chi connectivity index (χ1v) is 6.59. The molecule has 110 valence electrons. The monoisotopic (exact) mass is 313 g/mol. The molecule has 6 nitrogen and oxygen atoms in total. The van der Waals surface area contributed by atoms with Crippen LogP contribution in [0.1, 0.15) is 12.0 Å². The molecule has 1 aromatic rings. The molecular weight excluding hydrogens is 304 g/mol. The van der Waals surface area contributed by atoms with Crippen molar-refractivity contribution in [1.29, 1.82) is 0 Å². The summed E-state index contributed by atoms with van der Waals surface area (Å²) in [6.07, 6.45) is 0.538. The number of hydrogen-bond acceptors (Lipinski definition) is 5. The van der Waals surface area contributed by atoms with E-state index in [0.29, 0.717) is 0 Å². The Balaban J connectivity index is 2.07. The lowest BCUT2D eigenvalue weighted by molar-refractivity contribution is -0.138. The summed E-state index contributed by atoms with van der Waals surface area (Å²) in [6.45, 7) is 0. The van der Waals surface area contributed by atoms with Gasteiger partial charge in [-0.3, -0.25) is 9.59 Å². The number of halogens is 2. The third-order valence-electron chi connectivity index (χ3n) is 2.47. The predicted molar refractivity (Wildman–Crippen MR) is 73.2 cm³/mol. The zero-order chi connectivity index (χ0) is 15.4. The van der Waals surface area contributed by atoms with Crippen LogP contribution in [-0.2, 0) is 9.59 Å². The second kappa shape index (κ2) is 6.44.